The summed E-state index contributed by atoms with van der Waals surface area (Å²) in [5, 5.41) is 0. The van der Waals surface area contributed by atoms with Gasteiger partial charge in [-0.25, -0.2) is 0 Å². The normalized spacial score (nSPS) is 12.4. The maximum atomic E-state index is 5.58. The van der Waals surface area contributed by atoms with Crippen LogP contribution in [-0.4, -0.2) is 0 Å². The van der Waals surface area contributed by atoms with Crippen LogP contribution in [-0.2, 0) is 30.6 Å². The maximum absolute atomic E-state index is 5.58. The molecular weight excluding hydrogens is 387 g/mol. The Balaban J connectivity index is 0.00000113. The van der Waals surface area contributed by atoms with Crippen LogP contribution < -0.4 is 24.8 Å². The van der Waals surface area contributed by atoms with Crippen molar-refractivity contribution in [3.8, 4) is 22.3 Å². The topological polar surface area (TPSA) is 9.23 Å². The number of hydrogen-bond donors (Lipinski definition) is 0. The molecule has 0 aliphatic heterocycles. The average molecular weight is 404 g/mol. The van der Waals surface area contributed by atoms with Crippen LogP contribution in [0.1, 0.15) is 29.7 Å². The van der Waals surface area contributed by atoms with E-state index < -0.39 is 0 Å². The van der Waals surface area contributed by atoms with E-state index in [4.69, 9.17) is 3.32 Å². The summed E-state index contributed by atoms with van der Waals surface area (Å²) in [7, 11) is 0. The molecule has 0 spiro atoms. The van der Waals surface area contributed by atoms with Gasteiger partial charge < -0.3 is 24.8 Å². The van der Waals surface area contributed by atoms with Crippen molar-refractivity contribution in [2.75, 3.05) is 0 Å². The summed E-state index contributed by atoms with van der Waals surface area (Å²) in [5.41, 5.74) is 9.47. The average Bonchev–Trinajstić information content (AvgIpc) is 3.00. The summed E-state index contributed by atoms with van der Waals surface area (Å²) in [6.45, 7) is 2.11. The molecule has 1 unspecified atom stereocenters. The smallest absolute Gasteiger partial charge is 1.00 e. The summed E-state index contributed by atoms with van der Waals surface area (Å²) in [6, 6.07) is 24.0. The van der Waals surface area contributed by atoms with Crippen LogP contribution in [0.5, 0.6) is 0 Å². The monoisotopic (exact) mass is 403 g/mol. The second-order valence-corrected chi connectivity index (χ2v) is 6.38. The van der Waals surface area contributed by atoms with Crippen molar-refractivity contribution in [2.24, 2.45) is 0 Å². The van der Waals surface area contributed by atoms with Crippen molar-refractivity contribution in [3.05, 3.63) is 83.4 Å². The molecule has 1 aliphatic carbocycles. The minimum absolute atomic E-state index is 0. The van der Waals surface area contributed by atoms with Crippen LogP contribution in [0.4, 0.5) is 0 Å². The van der Waals surface area contributed by atoms with Gasteiger partial charge in [-0.2, -0.15) is 0 Å². The van der Waals surface area contributed by atoms with Crippen molar-refractivity contribution < 1.29 is 49.0 Å². The molecule has 4 rings (SSSR count). The quantitative estimate of drug-likeness (QED) is 0.418. The zero-order valence-corrected chi connectivity index (χ0v) is 16.9. The standard InChI is InChI=1S/C21H17O.2ClH.Ti/c1-14(22)16-8-4-5-10-18(16)20-12-6-11-19-17-9-3-2-7-15(17)13-21(19)20;;;/h2-12,14H,13H2,1H3;2*1H;/q-1;;;+3/p-2. The minimum Gasteiger partial charge on any atom is -1.00 e. The fourth-order valence-electron chi connectivity index (χ4n) is 3.57. The van der Waals surface area contributed by atoms with E-state index in [1.807, 2.05) is 0 Å². The summed E-state index contributed by atoms with van der Waals surface area (Å²) in [6.07, 6.45) is 1.10. The first-order valence-electron chi connectivity index (χ1n) is 7.91. The van der Waals surface area contributed by atoms with Gasteiger partial charge in [0.25, 0.3) is 0 Å². The zero-order chi connectivity index (χ0) is 15.8. The fraction of sp³-hybridized carbons (Fsp3) is 0.143. The molecule has 3 aromatic rings. The van der Waals surface area contributed by atoms with Crippen LogP contribution in [0.25, 0.3) is 22.3 Å². The van der Waals surface area contributed by atoms with E-state index in [2.05, 4.69) is 73.7 Å². The van der Waals surface area contributed by atoms with Gasteiger partial charge in [0.15, 0.2) is 0 Å². The Labute approximate surface area is 173 Å². The van der Waals surface area contributed by atoms with Gasteiger partial charge in [-0.05, 0) is 0 Å². The molecule has 1 nitrogen and oxygen atoms in total. The largest absolute Gasteiger partial charge is 1.00 e. The summed E-state index contributed by atoms with van der Waals surface area (Å²) in [4.78, 5) is 0. The van der Waals surface area contributed by atoms with Crippen LogP contribution in [0.2, 0.25) is 0 Å². The Morgan fingerprint density at radius 2 is 1.32 bits per heavy atom. The molecule has 0 N–H and O–H groups in total. The third kappa shape index (κ3) is 3.58. The molecule has 0 fully saturated rings. The summed E-state index contributed by atoms with van der Waals surface area (Å²) < 4.78 is 5.58. The van der Waals surface area contributed by atoms with Gasteiger partial charge in [0, 0.05) is 0 Å². The molecule has 0 aromatic heterocycles. The second-order valence-electron chi connectivity index (χ2n) is 6.01. The van der Waals surface area contributed by atoms with Crippen molar-refractivity contribution in [3.63, 3.8) is 0 Å². The van der Waals surface area contributed by atoms with Gasteiger partial charge in [-0.15, -0.1) is 0 Å². The Morgan fingerprint density at radius 1 is 0.760 bits per heavy atom. The first-order chi connectivity index (χ1) is 11.3. The minimum atomic E-state index is 0. The van der Waals surface area contributed by atoms with Crippen LogP contribution in [0.3, 0.4) is 0 Å². The number of rotatable bonds is 3. The van der Waals surface area contributed by atoms with Crippen molar-refractivity contribution in [1.82, 2.24) is 0 Å². The predicted molar refractivity (Wildman–Crippen MR) is 89.6 cm³/mol. The van der Waals surface area contributed by atoms with Gasteiger partial charge in [-0.3, -0.25) is 0 Å². The molecular formula is C21H17Cl2OTi. The van der Waals surface area contributed by atoms with Crippen molar-refractivity contribution in [2.45, 2.75) is 19.4 Å². The van der Waals surface area contributed by atoms with Crippen molar-refractivity contribution in [1.29, 1.82) is 0 Å². The van der Waals surface area contributed by atoms with E-state index in [0.29, 0.717) is 0 Å². The van der Waals surface area contributed by atoms with Gasteiger partial charge in [0.05, 0.1) is 0 Å². The van der Waals surface area contributed by atoms with E-state index in [1.54, 1.807) is 20.8 Å². The van der Waals surface area contributed by atoms with E-state index >= 15 is 0 Å². The number of fused-ring (bicyclic) bond motifs is 3. The van der Waals surface area contributed by atoms with Gasteiger partial charge in [-0.1, -0.05) is 0 Å². The molecule has 0 amide bonds. The first-order valence-corrected chi connectivity index (χ1v) is 8.55. The predicted octanol–water partition coefficient (Wildman–Crippen LogP) is -0.528. The molecule has 0 saturated carbocycles. The Kier molecular flexibility index (Phi) is 6.90. The maximum Gasteiger partial charge on any atom is -1.00 e. The van der Waals surface area contributed by atoms with Gasteiger partial charge >= 0.3 is 149 Å². The van der Waals surface area contributed by atoms with E-state index in [9.17, 15) is 0 Å². The van der Waals surface area contributed by atoms with Gasteiger partial charge in [0.2, 0.25) is 0 Å². The molecule has 0 saturated heterocycles. The number of halogens is 2. The van der Waals surface area contributed by atoms with E-state index in [1.165, 1.54) is 38.9 Å². The molecule has 0 radical (unpaired) electrons. The molecule has 4 heteroatoms. The van der Waals surface area contributed by atoms with Crippen LogP contribution in [0.15, 0.2) is 66.7 Å². The Bertz CT molecular complexity index is 879. The molecule has 25 heavy (non-hydrogen) atoms. The molecule has 125 valence electrons. The van der Waals surface area contributed by atoms with Crippen LogP contribution in [0, 0.1) is 0 Å². The SMILES string of the molecule is CC([O][Ti+2])c1ccccc1-c1cccc2c1Cc1ccccc1-2.[Cl-].[Cl-]. The van der Waals surface area contributed by atoms with E-state index in [0.717, 1.165) is 6.42 Å². The number of benzene rings is 3. The van der Waals surface area contributed by atoms with E-state index in [-0.39, 0.29) is 30.9 Å². The molecule has 1 aliphatic rings. The third-order valence-electron chi connectivity index (χ3n) is 4.72. The first kappa shape index (κ1) is 20.2. The zero-order valence-electron chi connectivity index (χ0n) is 13.8. The molecule has 0 heterocycles. The number of hydrogen-bond acceptors (Lipinski definition) is 1. The fourth-order valence-corrected chi connectivity index (χ4v) is 3.77. The summed E-state index contributed by atoms with van der Waals surface area (Å²) >= 11 is 1.77. The third-order valence-corrected chi connectivity index (χ3v) is 5.27. The Morgan fingerprint density at radius 3 is 2.04 bits per heavy atom. The van der Waals surface area contributed by atoms with Gasteiger partial charge in [0.1, 0.15) is 0 Å². The molecule has 0 bridgehead atoms. The van der Waals surface area contributed by atoms with Crippen LogP contribution >= 0.6 is 0 Å². The molecule has 3 aromatic carbocycles. The Hall–Kier alpha value is -1.09. The summed E-state index contributed by atoms with van der Waals surface area (Å²) in [5.74, 6) is 0. The second kappa shape index (κ2) is 8.53. The molecule has 1 atom stereocenters. The van der Waals surface area contributed by atoms with Crippen molar-refractivity contribution >= 4 is 0 Å².